The number of aromatic nitrogens is 4. The number of rotatable bonds is 5. The van der Waals surface area contributed by atoms with Gasteiger partial charge in [-0.05, 0) is 13.8 Å². The summed E-state index contributed by atoms with van der Waals surface area (Å²) in [5, 5.41) is 9.74. The Morgan fingerprint density at radius 3 is 2.84 bits per heavy atom. The lowest BCUT2D eigenvalue weighted by atomic mass is 10.2. The fourth-order valence-corrected chi connectivity index (χ4v) is 2.77. The molecule has 0 aliphatic rings. The van der Waals surface area contributed by atoms with Crippen molar-refractivity contribution in [1.82, 2.24) is 19.5 Å². The minimum absolute atomic E-state index is 0.196. The maximum Gasteiger partial charge on any atom is 0.340 e. The van der Waals surface area contributed by atoms with Crippen molar-refractivity contribution < 1.29 is 9.90 Å². The number of hydrogen-bond acceptors (Lipinski definition) is 5. The number of aryl methyl sites for hydroxylation is 3. The number of carbonyl (C=O) groups is 1. The average molecular weight is 278 g/mol. The molecule has 0 aliphatic heterocycles. The molecule has 7 heteroatoms. The van der Waals surface area contributed by atoms with Gasteiger partial charge < -0.3 is 9.67 Å². The van der Waals surface area contributed by atoms with Crippen LogP contribution in [0.3, 0.4) is 0 Å². The Kier molecular flexibility index (Phi) is 4.16. The standard InChI is InChI=1S/C12H14N4O2S/c1-8-10(12(17)18)11(15-9(2)14-8)19-6-5-16-4-3-13-7-16/h3-4,7H,5-6H2,1-2H3,(H,17,18). The van der Waals surface area contributed by atoms with Crippen LogP contribution in [0.1, 0.15) is 21.9 Å². The molecule has 2 rings (SSSR count). The molecule has 0 fully saturated rings. The molecule has 0 atom stereocenters. The Balaban J connectivity index is 2.12. The Hall–Kier alpha value is -1.89. The van der Waals surface area contributed by atoms with Crippen molar-refractivity contribution in [3.63, 3.8) is 0 Å². The van der Waals surface area contributed by atoms with Crippen LogP contribution in [0.15, 0.2) is 23.7 Å². The normalized spacial score (nSPS) is 10.6. The predicted molar refractivity (Wildman–Crippen MR) is 71.4 cm³/mol. The van der Waals surface area contributed by atoms with E-state index < -0.39 is 5.97 Å². The largest absolute Gasteiger partial charge is 0.478 e. The molecule has 6 nitrogen and oxygen atoms in total. The molecule has 0 bridgehead atoms. The molecule has 0 aliphatic carbocycles. The Morgan fingerprint density at radius 1 is 1.42 bits per heavy atom. The molecule has 0 radical (unpaired) electrons. The predicted octanol–water partition coefficient (Wildman–Crippen LogP) is 1.78. The lowest BCUT2D eigenvalue weighted by molar-refractivity contribution is 0.0690. The smallest absolute Gasteiger partial charge is 0.340 e. The second-order valence-corrected chi connectivity index (χ2v) is 5.07. The summed E-state index contributed by atoms with van der Waals surface area (Å²) in [6.45, 7) is 4.21. The van der Waals surface area contributed by atoms with Crippen LogP contribution in [0.5, 0.6) is 0 Å². The van der Waals surface area contributed by atoms with Gasteiger partial charge in [0.05, 0.1) is 12.0 Å². The number of nitrogens with zero attached hydrogens (tertiary/aromatic N) is 4. The highest BCUT2D eigenvalue weighted by Crippen LogP contribution is 2.22. The zero-order valence-corrected chi connectivity index (χ0v) is 11.5. The van der Waals surface area contributed by atoms with E-state index in [1.54, 1.807) is 26.4 Å². The molecule has 0 unspecified atom stereocenters. The van der Waals surface area contributed by atoms with Gasteiger partial charge in [-0.25, -0.2) is 19.7 Å². The molecule has 2 heterocycles. The lowest BCUT2D eigenvalue weighted by Crippen LogP contribution is -2.09. The van der Waals surface area contributed by atoms with E-state index >= 15 is 0 Å². The molecular formula is C12H14N4O2S. The quantitative estimate of drug-likeness (QED) is 0.663. The van der Waals surface area contributed by atoms with Crippen molar-refractivity contribution in [2.24, 2.45) is 0 Å². The highest BCUT2D eigenvalue weighted by Gasteiger charge is 2.17. The summed E-state index contributed by atoms with van der Waals surface area (Å²) < 4.78 is 1.94. The first-order chi connectivity index (χ1) is 9.08. The van der Waals surface area contributed by atoms with Gasteiger partial charge in [0.15, 0.2) is 0 Å². The molecule has 1 N–H and O–H groups in total. The topological polar surface area (TPSA) is 80.9 Å². The van der Waals surface area contributed by atoms with Crippen LogP contribution in [0.2, 0.25) is 0 Å². The van der Waals surface area contributed by atoms with Crippen LogP contribution < -0.4 is 0 Å². The third kappa shape index (κ3) is 3.31. The van der Waals surface area contributed by atoms with Gasteiger partial charge in [0, 0.05) is 24.7 Å². The average Bonchev–Trinajstić information content (AvgIpc) is 2.80. The van der Waals surface area contributed by atoms with Crippen molar-refractivity contribution in [2.45, 2.75) is 25.4 Å². The zero-order valence-electron chi connectivity index (χ0n) is 10.7. The van der Waals surface area contributed by atoms with E-state index in [0.717, 1.165) is 12.3 Å². The van der Waals surface area contributed by atoms with E-state index in [4.69, 9.17) is 0 Å². The molecule has 0 saturated carbocycles. The van der Waals surface area contributed by atoms with E-state index in [2.05, 4.69) is 15.0 Å². The van der Waals surface area contributed by atoms with Gasteiger partial charge >= 0.3 is 5.97 Å². The highest BCUT2D eigenvalue weighted by molar-refractivity contribution is 7.99. The number of carboxylic acid groups (broad SMARTS) is 1. The van der Waals surface area contributed by atoms with Crippen molar-refractivity contribution in [2.75, 3.05) is 5.75 Å². The van der Waals surface area contributed by atoms with E-state index in [1.165, 1.54) is 11.8 Å². The van der Waals surface area contributed by atoms with Crippen LogP contribution in [0.25, 0.3) is 0 Å². The number of hydrogen-bond donors (Lipinski definition) is 1. The van der Waals surface area contributed by atoms with Gasteiger partial charge in [0.1, 0.15) is 16.4 Å². The third-order valence-electron chi connectivity index (χ3n) is 2.53. The highest BCUT2D eigenvalue weighted by atomic mass is 32.2. The van der Waals surface area contributed by atoms with Crippen LogP contribution >= 0.6 is 11.8 Å². The molecule has 0 amide bonds. The molecule has 0 aromatic carbocycles. The van der Waals surface area contributed by atoms with Gasteiger partial charge in [-0.1, -0.05) is 0 Å². The summed E-state index contributed by atoms with van der Waals surface area (Å²) in [7, 11) is 0. The summed E-state index contributed by atoms with van der Waals surface area (Å²) in [6, 6.07) is 0. The van der Waals surface area contributed by atoms with Gasteiger partial charge in [-0.2, -0.15) is 0 Å². The Bertz CT molecular complexity index is 584. The van der Waals surface area contributed by atoms with E-state index in [1.807, 2.05) is 10.8 Å². The van der Waals surface area contributed by atoms with E-state index in [0.29, 0.717) is 16.5 Å². The minimum Gasteiger partial charge on any atom is -0.478 e. The van der Waals surface area contributed by atoms with Gasteiger partial charge in [0.2, 0.25) is 0 Å². The first-order valence-corrected chi connectivity index (χ1v) is 6.73. The fourth-order valence-electron chi connectivity index (χ4n) is 1.70. The van der Waals surface area contributed by atoms with Crippen molar-refractivity contribution in [3.8, 4) is 0 Å². The SMILES string of the molecule is Cc1nc(C)c(C(=O)O)c(SCCn2ccnc2)n1. The molecule has 0 spiro atoms. The number of aromatic carboxylic acids is 1. The molecule has 100 valence electrons. The minimum atomic E-state index is -0.984. The molecule has 2 aromatic rings. The van der Waals surface area contributed by atoms with Crippen LogP contribution in [0.4, 0.5) is 0 Å². The van der Waals surface area contributed by atoms with Crippen molar-refractivity contribution in [3.05, 3.63) is 35.8 Å². The number of imidazole rings is 1. The summed E-state index contributed by atoms with van der Waals surface area (Å²) in [4.78, 5) is 23.5. The lowest BCUT2D eigenvalue weighted by Gasteiger charge is -2.08. The van der Waals surface area contributed by atoms with E-state index in [9.17, 15) is 9.90 Å². The first-order valence-electron chi connectivity index (χ1n) is 5.75. The second kappa shape index (κ2) is 5.83. The number of carboxylic acids is 1. The monoisotopic (exact) mass is 278 g/mol. The zero-order chi connectivity index (χ0) is 13.8. The second-order valence-electron chi connectivity index (χ2n) is 3.99. The number of thioether (sulfide) groups is 1. The Morgan fingerprint density at radius 2 is 2.21 bits per heavy atom. The van der Waals surface area contributed by atoms with Crippen molar-refractivity contribution >= 4 is 17.7 Å². The fraction of sp³-hybridized carbons (Fsp3) is 0.333. The molecule has 19 heavy (non-hydrogen) atoms. The third-order valence-corrected chi connectivity index (χ3v) is 3.49. The molecule has 2 aromatic heterocycles. The molecular weight excluding hydrogens is 264 g/mol. The molecule has 0 saturated heterocycles. The maximum absolute atomic E-state index is 11.2. The van der Waals surface area contributed by atoms with Crippen LogP contribution in [0, 0.1) is 13.8 Å². The summed E-state index contributed by atoms with van der Waals surface area (Å²) >= 11 is 1.42. The van der Waals surface area contributed by atoms with Gasteiger partial charge in [-0.3, -0.25) is 0 Å². The van der Waals surface area contributed by atoms with Crippen LogP contribution in [-0.2, 0) is 6.54 Å². The summed E-state index contributed by atoms with van der Waals surface area (Å²) in [6.07, 6.45) is 5.32. The van der Waals surface area contributed by atoms with Crippen molar-refractivity contribution in [1.29, 1.82) is 0 Å². The van der Waals surface area contributed by atoms with E-state index in [-0.39, 0.29) is 5.56 Å². The van der Waals surface area contributed by atoms with Crippen LogP contribution in [-0.4, -0.2) is 36.3 Å². The maximum atomic E-state index is 11.2. The van der Waals surface area contributed by atoms with Gasteiger partial charge in [-0.15, -0.1) is 11.8 Å². The summed E-state index contributed by atoms with van der Waals surface area (Å²) in [5.41, 5.74) is 0.700. The first kappa shape index (κ1) is 13.5. The Labute approximate surface area is 114 Å². The summed E-state index contributed by atoms with van der Waals surface area (Å²) in [5.74, 6) is 0.335. The van der Waals surface area contributed by atoms with Gasteiger partial charge in [0.25, 0.3) is 0 Å².